The number of hydrogen-bond donors (Lipinski definition) is 3. The van der Waals surface area contributed by atoms with Gasteiger partial charge in [0.15, 0.2) is 16.6 Å². The molecule has 9 heteroatoms. The number of benzene rings is 2. The van der Waals surface area contributed by atoms with Gasteiger partial charge in [-0.25, -0.2) is 0 Å². The molecule has 0 saturated heterocycles. The predicted octanol–water partition coefficient (Wildman–Crippen LogP) is 4.90. The molecule has 0 saturated carbocycles. The van der Waals surface area contributed by atoms with Gasteiger partial charge in [-0.1, -0.05) is 0 Å². The highest BCUT2D eigenvalue weighted by molar-refractivity contribution is 9.13. The van der Waals surface area contributed by atoms with Gasteiger partial charge in [-0.05, 0) is 81.3 Å². The Kier molecular flexibility index (Phi) is 7.76. The Bertz CT molecular complexity index is 886. The van der Waals surface area contributed by atoms with Crippen molar-refractivity contribution in [3.8, 4) is 11.5 Å². The number of aromatic hydroxyl groups is 1. The van der Waals surface area contributed by atoms with Gasteiger partial charge in [0.25, 0.3) is 0 Å². The number of aliphatic imine (C=N–C) groups is 1. The van der Waals surface area contributed by atoms with Crippen molar-refractivity contribution in [3.63, 3.8) is 0 Å². The van der Waals surface area contributed by atoms with Crippen molar-refractivity contribution in [1.82, 2.24) is 5.32 Å². The zero-order chi connectivity index (χ0) is 20.0. The van der Waals surface area contributed by atoms with E-state index < -0.39 is 0 Å². The van der Waals surface area contributed by atoms with Gasteiger partial charge in [-0.15, -0.1) is 0 Å². The van der Waals surface area contributed by atoms with E-state index in [4.69, 9.17) is 17.0 Å². The first kappa shape index (κ1) is 21.3. The van der Waals surface area contributed by atoms with Crippen molar-refractivity contribution in [2.24, 2.45) is 4.99 Å². The lowest BCUT2D eigenvalue weighted by Gasteiger charge is -2.11. The van der Waals surface area contributed by atoms with E-state index in [1.54, 1.807) is 36.5 Å². The van der Waals surface area contributed by atoms with Gasteiger partial charge in [0, 0.05) is 27.8 Å². The minimum atomic E-state index is -0.237. The van der Waals surface area contributed by atoms with Gasteiger partial charge in [-0.2, -0.15) is 0 Å². The summed E-state index contributed by atoms with van der Waals surface area (Å²) in [5.74, 6) is 0.147. The molecule has 2 aromatic rings. The molecule has 0 radical (unpaired) electrons. The summed E-state index contributed by atoms with van der Waals surface area (Å²) in [7, 11) is 0. The number of carbonyl (C=O) groups excluding carboxylic acids is 1. The topological polar surface area (TPSA) is 83.0 Å². The van der Waals surface area contributed by atoms with Gasteiger partial charge in [0.2, 0.25) is 5.91 Å². The van der Waals surface area contributed by atoms with E-state index in [1.165, 1.54) is 6.92 Å². The number of phenolic OH excluding ortho intramolecular Hbond substituents is 1. The summed E-state index contributed by atoms with van der Waals surface area (Å²) in [4.78, 5) is 15.4. The lowest BCUT2D eigenvalue weighted by atomic mass is 10.2. The molecular weight excluding hydrogens is 498 g/mol. The summed E-state index contributed by atoms with van der Waals surface area (Å²) < 4.78 is 6.85. The Hall–Kier alpha value is -1.97. The van der Waals surface area contributed by atoms with E-state index in [-0.39, 0.29) is 16.8 Å². The molecule has 0 fully saturated rings. The van der Waals surface area contributed by atoms with Crippen molar-refractivity contribution in [2.45, 2.75) is 13.8 Å². The van der Waals surface area contributed by atoms with Gasteiger partial charge in [0.05, 0.1) is 17.9 Å². The number of anilines is 1. The lowest BCUT2D eigenvalue weighted by molar-refractivity contribution is -0.117. The van der Waals surface area contributed by atoms with Crippen LogP contribution in [-0.4, -0.2) is 28.9 Å². The Morgan fingerprint density at radius 1 is 1.33 bits per heavy atom. The van der Waals surface area contributed by atoms with Crippen LogP contribution in [0.5, 0.6) is 11.5 Å². The fraction of sp³-hybridized carbons (Fsp3) is 0.167. The standard InChI is InChI=1S/C18H17Br2N3O3S/c1-3-26-15-8-14(19)16(20)13(17(15)25)9-21-11-4-6-12(7-5-11)23-18(27)22-10(2)24/h4-9,25H,3H2,1-2H3,(H2,22,23,24,27). The van der Waals surface area contributed by atoms with Gasteiger partial charge in [-0.3, -0.25) is 9.79 Å². The van der Waals surface area contributed by atoms with Gasteiger partial charge >= 0.3 is 0 Å². The van der Waals surface area contributed by atoms with Crippen LogP contribution in [0, 0.1) is 0 Å². The van der Waals surface area contributed by atoms with Crippen LogP contribution in [0.15, 0.2) is 44.3 Å². The van der Waals surface area contributed by atoms with Gasteiger partial charge < -0.3 is 20.5 Å². The zero-order valence-electron chi connectivity index (χ0n) is 14.5. The van der Waals surface area contributed by atoms with Crippen LogP contribution in [0.3, 0.4) is 0 Å². The highest BCUT2D eigenvalue weighted by Gasteiger charge is 2.14. The molecule has 6 nitrogen and oxygen atoms in total. The van der Waals surface area contributed by atoms with Crippen LogP contribution in [0.4, 0.5) is 11.4 Å². The highest BCUT2D eigenvalue weighted by atomic mass is 79.9. The summed E-state index contributed by atoms with van der Waals surface area (Å²) in [6, 6.07) is 8.81. The van der Waals surface area contributed by atoms with E-state index in [9.17, 15) is 9.90 Å². The summed E-state index contributed by atoms with van der Waals surface area (Å²) in [6.07, 6.45) is 1.55. The zero-order valence-corrected chi connectivity index (χ0v) is 18.5. The van der Waals surface area contributed by atoms with E-state index in [0.29, 0.717) is 28.1 Å². The first-order valence-electron chi connectivity index (χ1n) is 7.88. The molecule has 2 aromatic carbocycles. The first-order chi connectivity index (χ1) is 12.8. The average Bonchev–Trinajstić information content (AvgIpc) is 2.60. The Labute approximate surface area is 179 Å². The Morgan fingerprint density at radius 2 is 2.00 bits per heavy atom. The molecule has 3 N–H and O–H groups in total. The highest BCUT2D eigenvalue weighted by Crippen LogP contribution is 2.39. The van der Waals surface area contributed by atoms with E-state index in [2.05, 4.69) is 47.5 Å². The molecular formula is C18H17Br2N3O3S. The van der Waals surface area contributed by atoms with Crippen LogP contribution in [-0.2, 0) is 4.79 Å². The average molecular weight is 515 g/mol. The van der Waals surface area contributed by atoms with E-state index >= 15 is 0 Å². The summed E-state index contributed by atoms with van der Waals surface area (Å²) in [5.41, 5.74) is 1.90. The molecule has 0 aliphatic carbocycles. The van der Waals surface area contributed by atoms with Crippen LogP contribution < -0.4 is 15.4 Å². The third-order valence-electron chi connectivity index (χ3n) is 3.25. The number of phenols is 1. The normalized spacial score (nSPS) is 10.7. The molecule has 0 spiro atoms. The summed E-state index contributed by atoms with van der Waals surface area (Å²) >= 11 is 11.9. The van der Waals surface area contributed by atoms with Crippen molar-refractivity contribution in [2.75, 3.05) is 11.9 Å². The molecule has 1 amide bonds. The lowest BCUT2D eigenvalue weighted by Crippen LogP contribution is -2.32. The number of amides is 1. The molecule has 0 aromatic heterocycles. The number of halogens is 2. The number of thiocarbonyl (C=S) groups is 1. The number of carbonyl (C=O) groups is 1. The smallest absolute Gasteiger partial charge is 0.222 e. The third-order valence-corrected chi connectivity index (χ3v) is 5.47. The molecule has 0 heterocycles. The molecule has 142 valence electrons. The maximum absolute atomic E-state index is 11.0. The number of nitrogens with zero attached hydrogens (tertiary/aromatic N) is 1. The summed E-state index contributed by atoms with van der Waals surface area (Å²) in [6.45, 7) is 3.67. The quantitative estimate of drug-likeness (QED) is 0.390. The largest absolute Gasteiger partial charge is 0.504 e. The molecule has 0 aliphatic heterocycles. The van der Waals surface area contributed by atoms with Crippen molar-refractivity contribution < 1.29 is 14.6 Å². The molecule has 27 heavy (non-hydrogen) atoms. The van der Waals surface area contributed by atoms with Crippen molar-refractivity contribution >= 4 is 72.7 Å². The van der Waals surface area contributed by atoms with Crippen LogP contribution >= 0.6 is 44.1 Å². The van der Waals surface area contributed by atoms with Crippen LogP contribution in [0.2, 0.25) is 0 Å². The van der Waals surface area contributed by atoms with Crippen molar-refractivity contribution in [1.29, 1.82) is 0 Å². The Morgan fingerprint density at radius 3 is 2.59 bits per heavy atom. The fourth-order valence-electron chi connectivity index (χ4n) is 2.09. The third kappa shape index (κ3) is 6.02. The van der Waals surface area contributed by atoms with E-state index in [0.717, 1.165) is 10.2 Å². The second kappa shape index (κ2) is 9.82. The van der Waals surface area contributed by atoms with E-state index in [1.807, 2.05) is 6.92 Å². The number of nitrogens with one attached hydrogen (secondary N) is 2. The van der Waals surface area contributed by atoms with Crippen LogP contribution in [0.1, 0.15) is 19.4 Å². The predicted molar refractivity (Wildman–Crippen MR) is 118 cm³/mol. The van der Waals surface area contributed by atoms with Crippen LogP contribution in [0.25, 0.3) is 0 Å². The SMILES string of the molecule is CCOc1cc(Br)c(Br)c(C=Nc2ccc(NC(=S)NC(C)=O)cc2)c1O. The number of rotatable bonds is 5. The molecule has 0 aliphatic rings. The molecule has 0 atom stereocenters. The van der Waals surface area contributed by atoms with Gasteiger partial charge in [0.1, 0.15) is 0 Å². The maximum Gasteiger partial charge on any atom is 0.222 e. The second-order valence-corrected chi connectivity index (χ2v) is 7.36. The Balaban J connectivity index is 2.19. The number of hydrogen-bond acceptors (Lipinski definition) is 5. The minimum absolute atomic E-state index is 0.00891. The fourth-order valence-corrected chi connectivity index (χ4v) is 3.18. The second-order valence-electron chi connectivity index (χ2n) is 5.31. The summed E-state index contributed by atoms with van der Waals surface area (Å²) in [5, 5.41) is 16.0. The molecule has 2 rings (SSSR count). The molecule has 0 unspecified atom stereocenters. The minimum Gasteiger partial charge on any atom is -0.504 e. The molecule has 0 bridgehead atoms. The number of ether oxygens (including phenoxy) is 1. The maximum atomic E-state index is 11.0. The first-order valence-corrected chi connectivity index (χ1v) is 9.87. The van der Waals surface area contributed by atoms with Crippen molar-refractivity contribution in [3.05, 3.63) is 44.8 Å². The monoisotopic (exact) mass is 513 g/mol.